The van der Waals surface area contributed by atoms with Gasteiger partial charge in [0.05, 0.1) is 0 Å². The number of hydrogen-bond donors (Lipinski definition) is 0. The van der Waals surface area contributed by atoms with E-state index in [1.807, 2.05) is 0 Å². The molecule has 0 N–H and O–H groups in total. The Balaban J connectivity index is 2.99. The average molecular weight is 618 g/mol. The van der Waals surface area contributed by atoms with Crippen LogP contribution in [0.4, 0.5) is 0 Å². The van der Waals surface area contributed by atoms with Gasteiger partial charge in [0, 0.05) is 0 Å². The summed E-state index contributed by atoms with van der Waals surface area (Å²) in [5.41, 5.74) is 0. The van der Waals surface area contributed by atoms with Crippen LogP contribution < -0.4 is 0 Å². The number of rotatable bonds is 15. The lowest BCUT2D eigenvalue weighted by Gasteiger charge is -2.11. The van der Waals surface area contributed by atoms with Gasteiger partial charge in [0.1, 0.15) is -0.565 Å². The summed E-state index contributed by atoms with van der Waals surface area (Å²) in [7, 11) is 0. The first kappa shape index (κ1) is 22.2. The lowest BCUT2D eigenvalue weighted by atomic mass is 10.0. The molecule has 0 spiro atoms. The molecule has 0 heterocycles. The predicted octanol–water partition coefficient (Wildman–Crippen LogP) is 8.82. The van der Waals surface area contributed by atoms with Gasteiger partial charge in [-0.05, 0) is 6.42 Å². The zero-order valence-electron chi connectivity index (χ0n) is 13.2. The highest BCUT2D eigenvalue weighted by atomic mass is 127. The van der Waals surface area contributed by atoms with Gasteiger partial charge in [0.2, 0.25) is 0 Å². The lowest BCUT2D eigenvalue weighted by molar-refractivity contribution is 0.534. The van der Waals surface area contributed by atoms with Gasteiger partial charge in [-0.3, -0.25) is 0 Å². The number of alkyl halides is 3. The third kappa shape index (κ3) is 20.2. The minimum Gasteiger partial charge on any atom is -0.0654 e. The van der Waals surface area contributed by atoms with Crippen molar-refractivity contribution in [1.29, 1.82) is 0 Å². The van der Waals surface area contributed by atoms with E-state index in [-0.39, 0.29) is 0 Å². The molecule has 0 aromatic rings. The first-order chi connectivity index (χ1) is 9.56. The topological polar surface area (TPSA) is 0 Å². The van der Waals surface area contributed by atoms with Crippen LogP contribution in [0.5, 0.6) is 0 Å². The molecule has 0 aromatic heterocycles. The van der Waals surface area contributed by atoms with E-state index in [0.717, 1.165) is 0 Å². The van der Waals surface area contributed by atoms with Crippen molar-refractivity contribution in [3.05, 3.63) is 0 Å². The van der Waals surface area contributed by atoms with Crippen LogP contribution >= 0.6 is 67.8 Å². The van der Waals surface area contributed by atoms with Gasteiger partial charge in [-0.25, -0.2) is 0 Å². The maximum Gasteiger partial charge on any atom is 0.124 e. The zero-order valence-corrected chi connectivity index (χ0v) is 19.7. The van der Waals surface area contributed by atoms with Gasteiger partial charge in [0.15, 0.2) is 0 Å². The van der Waals surface area contributed by atoms with Crippen molar-refractivity contribution in [2.45, 2.75) is 103 Å². The maximum atomic E-state index is 2.55. The molecule has 0 saturated heterocycles. The summed E-state index contributed by atoms with van der Waals surface area (Å²) in [6.07, 6.45) is 21.7. The highest BCUT2D eigenvalue weighted by Gasteiger charge is 2.15. The molecule has 122 valence electrons. The van der Waals surface area contributed by atoms with Gasteiger partial charge >= 0.3 is 0 Å². The van der Waals surface area contributed by atoms with Crippen molar-refractivity contribution in [1.82, 2.24) is 0 Å². The Morgan fingerprint density at radius 2 is 0.800 bits per heavy atom. The highest BCUT2D eigenvalue weighted by molar-refractivity contribution is 14.3. The summed E-state index contributed by atoms with van der Waals surface area (Å²) in [4.78, 5) is 0. The number of halogens is 3. The molecule has 0 unspecified atom stereocenters. The minimum absolute atomic E-state index is 0.449. The smallest absolute Gasteiger partial charge is 0.0654 e. The molecule has 0 nitrogen and oxygen atoms in total. The second kappa shape index (κ2) is 16.1. The molecule has 0 rings (SSSR count). The molecule has 20 heavy (non-hydrogen) atoms. The molecule has 0 aliphatic rings. The molecule has 0 aromatic carbocycles. The van der Waals surface area contributed by atoms with Gasteiger partial charge in [0.25, 0.3) is 0 Å². The van der Waals surface area contributed by atoms with Crippen LogP contribution in [0.15, 0.2) is 0 Å². The second-order valence-electron chi connectivity index (χ2n) is 5.96. The summed E-state index contributed by atoms with van der Waals surface area (Å²) in [5, 5.41) is 0. The van der Waals surface area contributed by atoms with Crippen molar-refractivity contribution in [2.75, 3.05) is 0 Å². The third-order valence-electron chi connectivity index (χ3n) is 3.81. The Morgan fingerprint density at radius 1 is 0.500 bits per heavy atom. The fraction of sp³-hybridized carbons (Fsp3) is 1.00. The van der Waals surface area contributed by atoms with E-state index in [1.165, 1.54) is 96.3 Å². The van der Waals surface area contributed by atoms with Crippen LogP contribution in [-0.4, -0.2) is -0.565 Å². The van der Waals surface area contributed by atoms with E-state index in [1.54, 1.807) is 0 Å². The SMILES string of the molecule is CCCCCCCCCCCCCCCCC(I)(I)I. The maximum absolute atomic E-state index is 2.55. The molecular weight excluding hydrogens is 585 g/mol. The molecule has 0 amide bonds. The predicted molar refractivity (Wildman–Crippen MR) is 120 cm³/mol. The Bertz CT molecular complexity index is 187. The van der Waals surface area contributed by atoms with E-state index in [4.69, 9.17) is 0 Å². The Hall–Kier alpha value is 2.19. The average Bonchev–Trinajstić information content (AvgIpc) is 2.38. The quantitative estimate of drug-likeness (QED) is 0.0979. The molecular formula is C17H33I3. The fourth-order valence-corrected chi connectivity index (χ4v) is 3.66. The molecule has 0 aliphatic heterocycles. The first-order valence-electron chi connectivity index (χ1n) is 8.63. The van der Waals surface area contributed by atoms with Crippen molar-refractivity contribution in [3.63, 3.8) is 0 Å². The summed E-state index contributed by atoms with van der Waals surface area (Å²) < 4.78 is 0.449. The minimum atomic E-state index is 0.449. The van der Waals surface area contributed by atoms with Crippen LogP contribution in [0, 0.1) is 0 Å². The normalized spacial score (nSPS) is 12.0. The van der Waals surface area contributed by atoms with Crippen molar-refractivity contribution < 1.29 is 0 Å². The molecule has 0 radical (unpaired) electrons. The van der Waals surface area contributed by atoms with E-state index in [9.17, 15) is 0 Å². The standard InChI is InChI=1S/C17H33I3/c1-2-3-4-5-6-7-8-9-10-11-12-13-14-15-16-17(18,19)20/h2-16H2,1H3. The van der Waals surface area contributed by atoms with Gasteiger partial charge in [-0.15, -0.1) is 0 Å². The molecule has 0 bridgehead atoms. The van der Waals surface area contributed by atoms with E-state index in [0.29, 0.717) is -0.565 Å². The first-order valence-corrected chi connectivity index (χ1v) is 11.9. The highest BCUT2D eigenvalue weighted by Crippen LogP contribution is 2.40. The monoisotopic (exact) mass is 618 g/mol. The van der Waals surface area contributed by atoms with Crippen molar-refractivity contribution in [3.8, 4) is 0 Å². The van der Waals surface area contributed by atoms with Crippen LogP contribution in [0.1, 0.15) is 103 Å². The van der Waals surface area contributed by atoms with Gasteiger partial charge < -0.3 is 0 Å². The van der Waals surface area contributed by atoms with E-state index in [2.05, 4.69) is 74.7 Å². The largest absolute Gasteiger partial charge is 0.124 e. The van der Waals surface area contributed by atoms with Crippen molar-refractivity contribution in [2.24, 2.45) is 0 Å². The van der Waals surface area contributed by atoms with Crippen LogP contribution in [0.2, 0.25) is 0 Å². The van der Waals surface area contributed by atoms with Crippen LogP contribution in [-0.2, 0) is 0 Å². The summed E-state index contributed by atoms with van der Waals surface area (Å²) in [6.45, 7) is 2.29. The summed E-state index contributed by atoms with van der Waals surface area (Å²) in [5.74, 6) is 0. The second-order valence-corrected chi connectivity index (χ2v) is 17.7. The number of unbranched alkanes of at least 4 members (excludes halogenated alkanes) is 13. The molecule has 0 aliphatic carbocycles. The fourth-order valence-electron chi connectivity index (χ4n) is 2.52. The molecule has 0 fully saturated rings. The van der Waals surface area contributed by atoms with Crippen LogP contribution in [0.3, 0.4) is 0 Å². The number of hydrogen-bond acceptors (Lipinski definition) is 0. The van der Waals surface area contributed by atoms with Crippen molar-refractivity contribution >= 4 is 67.8 Å². The van der Waals surface area contributed by atoms with E-state index < -0.39 is 0 Å². The Labute approximate surface area is 168 Å². The summed E-state index contributed by atoms with van der Waals surface area (Å²) >= 11 is 7.64. The van der Waals surface area contributed by atoms with Gasteiger partial charge in [-0.1, -0.05) is 165 Å². The zero-order chi connectivity index (χ0) is 15.1. The Kier molecular flexibility index (Phi) is 17.8. The lowest BCUT2D eigenvalue weighted by Crippen LogP contribution is -1.97. The Morgan fingerprint density at radius 3 is 1.10 bits per heavy atom. The third-order valence-corrected chi connectivity index (χ3v) is 5.43. The van der Waals surface area contributed by atoms with E-state index >= 15 is 0 Å². The molecule has 3 heteroatoms. The van der Waals surface area contributed by atoms with Crippen LogP contribution in [0.25, 0.3) is 0 Å². The summed E-state index contributed by atoms with van der Waals surface area (Å²) in [6, 6.07) is 0. The molecule has 0 saturated carbocycles. The molecule has 0 atom stereocenters. The van der Waals surface area contributed by atoms with Gasteiger partial charge in [-0.2, -0.15) is 0 Å².